The van der Waals surface area contributed by atoms with Gasteiger partial charge >= 0.3 is 5.97 Å². The molecule has 3 aromatic carbocycles. The molecule has 4 aromatic rings. The summed E-state index contributed by atoms with van der Waals surface area (Å²) in [5.74, 6) is -1.30. The third kappa shape index (κ3) is 4.14. The highest BCUT2D eigenvalue weighted by atomic mass is 19.1. The first kappa shape index (κ1) is 18.4. The van der Waals surface area contributed by atoms with Crippen LogP contribution in [0.3, 0.4) is 0 Å². The van der Waals surface area contributed by atoms with Crippen LogP contribution < -0.4 is 0 Å². The minimum Gasteiger partial charge on any atom is -0.478 e. The fourth-order valence-electron chi connectivity index (χ4n) is 3.07. The summed E-state index contributed by atoms with van der Waals surface area (Å²) in [6.45, 7) is 0. The lowest BCUT2D eigenvalue weighted by Crippen LogP contribution is -1.99. The first-order valence-electron chi connectivity index (χ1n) is 9.00. The van der Waals surface area contributed by atoms with Gasteiger partial charge in [-0.1, -0.05) is 42.5 Å². The topological polar surface area (TPSA) is 55.1 Å². The second-order valence-electron chi connectivity index (χ2n) is 6.51. The van der Waals surface area contributed by atoms with Crippen molar-refractivity contribution in [2.75, 3.05) is 0 Å². The summed E-state index contributed by atoms with van der Waals surface area (Å²) in [7, 11) is 0. The van der Waals surface area contributed by atoms with Crippen molar-refractivity contribution in [3.63, 3.8) is 0 Å². The average Bonchev–Trinajstić information content (AvgIpc) is 3.28. The van der Waals surface area contributed by atoms with E-state index in [2.05, 4.69) is 4.98 Å². The number of aromatic nitrogens is 2. The smallest absolute Gasteiger partial charge is 0.336 e. The van der Waals surface area contributed by atoms with E-state index in [1.54, 1.807) is 48.9 Å². The summed E-state index contributed by atoms with van der Waals surface area (Å²) in [5.41, 5.74) is 4.37. The lowest BCUT2D eigenvalue weighted by atomic mass is 9.98. The maximum absolute atomic E-state index is 13.2. The van der Waals surface area contributed by atoms with Gasteiger partial charge in [0.05, 0.1) is 11.9 Å². The lowest BCUT2D eigenvalue weighted by Gasteiger charge is -2.07. The predicted molar refractivity (Wildman–Crippen MR) is 111 cm³/mol. The van der Waals surface area contributed by atoms with Crippen LogP contribution in [0.25, 0.3) is 29.0 Å². The van der Waals surface area contributed by atoms with Crippen molar-refractivity contribution in [2.24, 2.45) is 0 Å². The summed E-state index contributed by atoms with van der Waals surface area (Å²) in [4.78, 5) is 15.6. The van der Waals surface area contributed by atoms with Gasteiger partial charge in [-0.05, 0) is 58.7 Å². The fraction of sp³-hybridized carbons (Fsp3) is 0. The molecule has 4 rings (SSSR count). The van der Waals surface area contributed by atoms with Gasteiger partial charge in [0.2, 0.25) is 0 Å². The van der Waals surface area contributed by atoms with Gasteiger partial charge in [-0.15, -0.1) is 0 Å². The lowest BCUT2D eigenvalue weighted by molar-refractivity contribution is 0.0696. The number of rotatable bonds is 5. The van der Waals surface area contributed by atoms with Crippen LogP contribution in [0.1, 0.15) is 21.5 Å². The van der Waals surface area contributed by atoms with Crippen molar-refractivity contribution in [1.82, 2.24) is 9.55 Å². The molecule has 1 heterocycles. The third-order valence-electron chi connectivity index (χ3n) is 4.61. The van der Waals surface area contributed by atoms with Gasteiger partial charge in [0, 0.05) is 18.1 Å². The number of benzene rings is 3. The molecule has 4 nitrogen and oxygen atoms in total. The summed E-state index contributed by atoms with van der Waals surface area (Å²) in [6, 6.07) is 19.1. The summed E-state index contributed by atoms with van der Waals surface area (Å²) >= 11 is 0. The molecule has 0 aliphatic rings. The Morgan fingerprint density at radius 2 is 1.66 bits per heavy atom. The second kappa shape index (κ2) is 7.94. The molecule has 1 N–H and O–H groups in total. The molecule has 5 heteroatoms. The zero-order valence-electron chi connectivity index (χ0n) is 15.4. The van der Waals surface area contributed by atoms with E-state index in [1.165, 1.54) is 12.1 Å². The molecule has 0 radical (unpaired) electrons. The molecule has 0 spiro atoms. The Labute approximate surface area is 167 Å². The predicted octanol–water partition coefficient (Wildman–Crippen LogP) is 5.55. The Kier molecular flexibility index (Phi) is 5.03. The molecule has 0 atom stereocenters. The van der Waals surface area contributed by atoms with Crippen molar-refractivity contribution < 1.29 is 14.3 Å². The molecular weight excluding hydrogens is 367 g/mol. The minimum atomic E-state index is -0.995. The maximum atomic E-state index is 13.2. The largest absolute Gasteiger partial charge is 0.478 e. The number of carboxylic acid groups (broad SMARTS) is 1. The number of carboxylic acids is 1. The van der Waals surface area contributed by atoms with Crippen LogP contribution in [-0.2, 0) is 0 Å². The van der Waals surface area contributed by atoms with E-state index in [1.807, 2.05) is 41.1 Å². The number of nitrogens with zero attached hydrogens (tertiary/aromatic N) is 2. The monoisotopic (exact) mass is 384 g/mol. The molecular formula is C24H17FN2O2. The average molecular weight is 384 g/mol. The van der Waals surface area contributed by atoms with Crippen molar-refractivity contribution in [1.29, 1.82) is 0 Å². The van der Waals surface area contributed by atoms with Crippen molar-refractivity contribution in [3.05, 3.63) is 108 Å². The van der Waals surface area contributed by atoms with E-state index in [4.69, 9.17) is 0 Å². The van der Waals surface area contributed by atoms with Crippen LogP contribution in [0.15, 0.2) is 85.5 Å². The van der Waals surface area contributed by atoms with E-state index in [0.717, 1.165) is 22.4 Å². The van der Waals surface area contributed by atoms with Crippen molar-refractivity contribution in [3.8, 4) is 16.8 Å². The van der Waals surface area contributed by atoms with E-state index in [9.17, 15) is 14.3 Å². The molecule has 0 fully saturated rings. The molecule has 0 aliphatic heterocycles. The van der Waals surface area contributed by atoms with Gasteiger partial charge in [-0.2, -0.15) is 0 Å². The van der Waals surface area contributed by atoms with Gasteiger partial charge in [-0.3, -0.25) is 0 Å². The highest BCUT2D eigenvalue weighted by Gasteiger charge is 2.10. The highest BCUT2D eigenvalue weighted by molar-refractivity contribution is 5.94. The Balaban J connectivity index is 1.64. The SMILES string of the molecule is O=C(O)c1ccc(-c2ccc(F)cc2)cc1/C=C/c1ccc(-n2ccnc2)cc1. The molecule has 0 unspecified atom stereocenters. The number of hydrogen-bond acceptors (Lipinski definition) is 2. The van der Waals surface area contributed by atoms with Crippen LogP contribution in [0.2, 0.25) is 0 Å². The van der Waals surface area contributed by atoms with Gasteiger partial charge in [0.1, 0.15) is 5.82 Å². The van der Waals surface area contributed by atoms with Crippen LogP contribution in [0.4, 0.5) is 4.39 Å². The Morgan fingerprint density at radius 3 is 2.31 bits per heavy atom. The molecule has 142 valence electrons. The Hall–Kier alpha value is -3.99. The standard InChI is InChI=1S/C24H17FN2O2/c25-21-8-5-18(6-9-21)19-7-12-23(24(28)29)20(15-19)4-1-17-2-10-22(11-3-17)27-14-13-26-16-27/h1-16H,(H,28,29)/b4-1+. The first-order valence-corrected chi connectivity index (χ1v) is 9.00. The molecule has 0 amide bonds. The van der Waals surface area contributed by atoms with Gasteiger partial charge in [0.15, 0.2) is 0 Å². The number of hydrogen-bond donors (Lipinski definition) is 1. The van der Waals surface area contributed by atoms with E-state index in [-0.39, 0.29) is 11.4 Å². The van der Waals surface area contributed by atoms with Crippen molar-refractivity contribution >= 4 is 18.1 Å². The molecule has 0 saturated carbocycles. The second-order valence-corrected chi connectivity index (χ2v) is 6.51. The fourth-order valence-corrected chi connectivity index (χ4v) is 3.07. The van der Waals surface area contributed by atoms with Gasteiger partial charge < -0.3 is 9.67 Å². The van der Waals surface area contributed by atoms with E-state index < -0.39 is 5.97 Å². The quantitative estimate of drug-likeness (QED) is 0.459. The molecule has 1 aromatic heterocycles. The number of imidazole rings is 1. The van der Waals surface area contributed by atoms with Crippen LogP contribution in [0.5, 0.6) is 0 Å². The van der Waals surface area contributed by atoms with Crippen LogP contribution >= 0.6 is 0 Å². The number of aromatic carboxylic acids is 1. The number of halogens is 1. The molecule has 0 saturated heterocycles. The van der Waals surface area contributed by atoms with Gasteiger partial charge in [-0.25, -0.2) is 14.2 Å². The zero-order valence-corrected chi connectivity index (χ0v) is 15.4. The number of carbonyl (C=O) groups is 1. The van der Waals surface area contributed by atoms with E-state index >= 15 is 0 Å². The van der Waals surface area contributed by atoms with Gasteiger partial charge in [0.25, 0.3) is 0 Å². The Morgan fingerprint density at radius 1 is 0.931 bits per heavy atom. The Bertz CT molecular complexity index is 1160. The zero-order chi connectivity index (χ0) is 20.2. The third-order valence-corrected chi connectivity index (χ3v) is 4.61. The van der Waals surface area contributed by atoms with E-state index in [0.29, 0.717) is 5.56 Å². The van der Waals surface area contributed by atoms with Crippen molar-refractivity contribution in [2.45, 2.75) is 0 Å². The minimum absolute atomic E-state index is 0.210. The summed E-state index contributed by atoms with van der Waals surface area (Å²) in [6.07, 6.45) is 8.96. The van der Waals surface area contributed by atoms with Crippen LogP contribution in [0, 0.1) is 5.82 Å². The summed E-state index contributed by atoms with van der Waals surface area (Å²) < 4.78 is 15.1. The highest BCUT2D eigenvalue weighted by Crippen LogP contribution is 2.25. The molecule has 0 aliphatic carbocycles. The molecule has 0 bridgehead atoms. The summed E-state index contributed by atoms with van der Waals surface area (Å²) in [5, 5.41) is 9.51. The first-order chi connectivity index (χ1) is 14.1. The maximum Gasteiger partial charge on any atom is 0.336 e. The normalized spacial score (nSPS) is 11.1. The molecule has 29 heavy (non-hydrogen) atoms. The van der Waals surface area contributed by atoms with Crippen LogP contribution in [-0.4, -0.2) is 20.6 Å².